The summed E-state index contributed by atoms with van der Waals surface area (Å²) in [5.74, 6) is 0.339. The SMILES string of the molecule is O=C(NCc1nc(-c2ccccc2)cs1)N1CCC(CO)CC1. The maximum Gasteiger partial charge on any atom is 0.317 e. The highest BCUT2D eigenvalue weighted by Crippen LogP contribution is 2.21. The lowest BCUT2D eigenvalue weighted by molar-refractivity contribution is 0.137. The Morgan fingerprint density at radius 1 is 1.30 bits per heavy atom. The second-order valence-corrected chi connectivity index (χ2v) is 6.71. The number of hydrogen-bond donors (Lipinski definition) is 2. The number of aliphatic hydroxyl groups excluding tert-OH is 1. The lowest BCUT2D eigenvalue weighted by atomic mass is 9.98. The van der Waals surface area contributed by atoms with Crippen LogP contribution in [0.3, 0.4) is 0 Å². The maximum atomic E-state index is 12.2. The van der Waals surface area contributed by atoms with Crippen LogP contribution in [-0.2, 0) is 6.54 Å². The van der Waals surface area contributed by atoms with E-state index in [0.29, 0.717) is 25.6 Å². The molecule has 5 nitrogen and oxygen atoms in total. The van der Waals surface area contributed by atoms with Crippen molar-refractivity contribution in [1.82, 2.24) is 15.2 Å². The molecule has 3 rings (SSSR count). The van der Waals surface area contributed by atoms with E-state index in [1.165, 1.54) is 0 Å². The number of urea groups is 1. The molecule has 0 radical (unpaired) electrons. The highest BCUT2D eigenvalue weighted by Gasteiger charge is 2.22. The summed E-state index contributed by atoms with van der Waals surface area (Å²) in [7, 11) is 0. The molecular formula is C17H21N3O2S. The molecule has 1 saturated heterocycles. The molecule has 122 valence electrons. The van der Waals surface area contributed by atoms with Crippen LogP contribution < -0.4 is 5.32 Å². The molecule has 0 spiro atoms. The van der Waals surface area contributed by atoms with Gasteiger partial charge in [-0.2, -0.15) is 0 Å². The van der Waals surface area contributed by atoms with E-state index in [-0.39, 0.29) is 12.6 Å². The van der Waals surface area contributed by atoms with Gasteiger partial charge in [0.1, 0.15) is 5.01 Å². The Labute approximate surface area is 140 Å². The molecular weight excluding hydrogens is 310 g/mol. The Morgan fingerprint density at radius 3 is 2.74 bits per heavy atom. The molecule has 0 atom stereocenters. The maximum absolute atomic E-state index is 12.2. The number of nitrogens with zero attached hydrogens (tertiary/aromatic N) is 2. The van der Waals surface area contributed by atoms with Gasteiger partial charge in [0, 0.05) is 30.6 Å². The second kappa shape index (κ2) is 7.57. The van der Waals surface area contributed by atoms with Crippen LogP contribution in [0.1, 0.15) is 17.8 Å². The van der Waals surface area contributed by atoms with Gasteiger partial charge in [-0.25, -0.2) is 9.78 Å². The van der Waals surface area contributed by atoms with Crippen LogP contribution in [0.25, 0.3) is 11.3 Å². The highest BCUT2D eigenvalue weighted by molar-refractivity contribution is 7.09. The third kappa shape index (κ3) is 4.09. The van der Waals surface area contributed by atoms with Crippen molar-refractivity contribution in [2.45, 2.75) is 19.4 Å². The number of likely N-dealkylation sites (tertiary alicyclic amines) is 1. The Balaban J connectivity index is 1.51. The van der Waals surface area contributed by atoms with Gasteiger partial charge in [0.2, 0.25) is 0 Å². The zero-order valence-corrected chi connectivity index (χ0v) is 13.8. The summed E-state index contributed by atoms with van der Waals surface area (Å²) >= 11 is 1.56. The standard InChI is InChI=1S/C17H21N3O2S/c21-11-13-6-8-20(9-7-13)17(22)18-10-16-19-15(12-23-16)14-4-2-1-3-5-14/h1-5,12-13,21H,6-11H2,(H,18,22). The molecule has 1 aliphatic rings. The lowest BCUT2D eigenvalue weighted by Crippen LogP contribution is -2.44. The molecule has 0 unspecified atom stereocenters. The minimum atomic E-state index is -0.0437. The van der Waals surface area contributed by atoms with Crippen LogP contribution in [-0.4, -0.2) is 40.7 Å². The second-order valence-electron chi connectivity index (χ2n) is 5.76. The summed E-state index contributed by atoms with van der Waals surface area (Å²) in [6, 6.07) is 9.98. The molecule has 1 fully saturated rings. The molecule has 1 aromatic heterocycles. The Hall–Kier alpha value is -1.92. The predicted molar refractivity (Wildman–Crippen MR) is 91.2 cm³/mol. The van der Waals surface area contributed by atoms with Gasteiger partial charge in [-0.3, -0.25) is 0 Å². The monoisotopic (exact) mass is 331 g/mol. The minimum Gasteiger partial charge on any atom is -0.396 e. The molecule has 6 heteroatoms. The normalized spacial score (nSPS) is 15.6. The van der Waals surface area contributed by atoms with E-state index >= 15 is 0 Å². The largest absolute Gasteiger partial charge is 0.396 e. The smallest absolute Gasteiger partial charge is 0.317 e. The topological polar surface area (TPSA) is 65.5 Å². The first-order valence-electron chi connectivity index (χ1n) is 7.89. The Morgan fingerprint density at radius 2 is 2.04 bits per heavy atom. The number of aliphatic hydroxyl groups is 1. The van der Waals surface area contributed by atoms with Gasteiger partial charge in [-0.05, 0) is 18.8 Å². The van der Waals surface area contributed by atoms with Gasteiger partial charge >= 0.3 is 6.03 Å². The number of carbonyl (C=O) groups is 1. The van der Waals surface area contributed by atoms with E-state index in [1.807, 2.05) is 40.6 Å². The summed E-state index contributed by atoms with van der Waals surface area (Å²) in [5, 5.41) is 15.0. The number of piperidine rings is 1. The summed E-state index contributed by atoms with van der Waals surface area (Å²) in [4.78, 5) is 18.6. The Kier molecular flexibility index (Phi) is 5.25. The van der Waals surface area contributed by atoms with Crippen LogP contribution in [0.4, 0.5) is 4.79 Å². The Bertz CT molecular complexity index is 636. The van der Waals surface area contributed by atoms with Gasteiger partial charge in [0.05, 0.1) is 12.2 Å². The van der Waals surface area contributed by atoms with Crippen molar-refractivity contribution in [3.63, 3.8) is 0 Å². The van der Waals surface area contributed by atoms with Crippen molar-refractivity contribution < 1.29 is 9.90 Å². The summed E-state index contributed by atoms with van der Waals surface area (Å²) < 4.78 is 0. The van der Waals surface area contributed by atoms with Crippen molar-refractivity contribution in [2.24, 2.45) is 5.92 Å². The van der Waals surface area contributed by atoms with E-state index in [2.05, 4.69) is 10.3 Å². The summed E-state index contributed by atoms with van der Waals surface area (Å²) in [6.45, 7) is 2.10. The molecule has 1 aliphatic heterocycles. The zero-order chi connectivity index (χ0) is 16.1. The number of carbonyl (C=O) groups excluding carboxylic acids is 1. The van der Waals surface area contributed by atoms with Gasteiger partial charge in [-0.1, -0.05) is 30.3 Å². The van der Waals surface area contributed by atoms with Crippen LogP contribution in [0.15, 0.2) is 35.7 Å². The molecule has 2 heterocycles. The lowest BCUT2D eigenvalue weighted by Gasteiger charge is -2.31. The van der Waals surface area contributed by atoms with Gasteiger partial charge < -0.3 is 15.3 Å². The predicted octanol–water partition coefficient (Wildman–Crippen LogP) is 2.72. The minimum absolute atomic E-state index is 0.0437. The zero-order valence-electron chi connectivity index (χ0n) is 12.9. The molecule has 0 saturated carbocycles. The summed E-state index contributed by atoms with van der Waals surface area (Å²) in [6.07, 6.45) is 1.75. The van der Waals surface area contributed by atoms with E-state index in [0.717, 1.165) is 29.1 Å². The van der Waals surface area contributed by atoms with E-state index in [4.69, 9.17) is 5.11 Å². The third-order valence-electron chi connectivity index (χ3n) is 4.17. The molecule has 0 aliphatic carbocycles. The number of aromatic nitrogens is 1. The molecule has 23 heavy (non-hydrogen) atoms. The first kappa shape index (κ1) is 16.0. The van der Waals surface area contributed by atoms with E-state index in [1.54, 1.807) is 11.3 Å². The molecule has 2 N–H and O–H groups in total. The number of benzene rings is 1. The van der Waals surface area contributed by atoms with Crippen LogP contribution in [0, 0.1) is 5.92 Å². The van der Waals surface area contributed by atoms with Gasteiger partial charge in [0.25, 0.3) is 0 Å². The van der Waals surface area contributed by atoms with Crippen molar-refractivity contribution in [3.8, 4) is 11.3 Å². The third-order valence-corrected chi connectivity index (χ3v) is 5.02. The van der Waals surface area contributed by atoms with E-state index < -0.39 is 0 Å². The molecule has 2 amide bonds. The van der Waals surface area contributed by atoms with Crippen molar-refractivity contribution >= 4 is 17.4 Å². The number of hydrogen-bond acceptors (Lipinski definition) is 4. The number of amides is 2. The van der Waals surface area contributed by atoms with Gasteiger partial charge in [-0.15, -0.1) is 11.3 Å². The molecule has 2 aromatic rings. The molecule has 0 bridgehead atoms. The van der Waals surface area contributed by atoms with Crippen LogP contribution in [0.5, 0.6) is 0 Å². The van der Waals surface area contributed by atoms with Crippen molar-refractivity contribution in [2.75, 3.05) is 19.7 Å². The van der Waals surface area contributed by atoms with Gasteiger partial charge in [0.15, 0.2) is 0 Å². The number of nitrogens with one attached hydrogen (secondary N) is 1. The quantitative estimate of drug-likeness (QED) is 0.905. The fraction of sp³-hybridized carbons (Fsp3) is 0.412. The molecule has 1 aromatic carbocycles. The van der Waals surface area contributed by atoms with Crippen molar-refractivity contribution in [1.29, 1.82) is 0 Å². The van der Waals surface area contributed by atoms with E-state index in [9.17, 15) is 4.79 Å². The number of rotatable bonds is 4. The highest BCUT2D eigenvalue weighted by atomic mass is 32.1. The first-order chi connectivity index (χ1) is 11.3. The van der Waals surface area contributed by atoms with Crippen molar-refractivity contribution in [3.05, 3.63) is 40.7 Å². The van der Waals surface area contributed by atoms with Crippen LogP contribution in [0.2, 0.25) is 0 Å². The number of thiazole rings is 1. The first-order valence-corrected chi connectivity index (χ1v) is 8.77. The van der Waals surface area contributed by atoms with Crippen LogP contribution >= 0.6 is 11.3 Å². The fourth-order valence-corrected chi connectivity index (χ4v) is 3.46. The fourth-order valence-electron chi connectivity index (χ4n) is 2.72. The summed E-state index contributed by atoms with van der Waals surface area (Å²) in [5.41, 5.74) is 2.04. The average Bonchev–Trinajstić information content (AvgIpc) is 3.09. The average molecular weight is 331 g/mol.